The van der Waals surface area contributed by atoms with Crippen molar-refractivity contribution in [1.82, 2.24) is 24.8 Å². The molecule has 2 aromatic carbocycles. The summed E-state index contributed by atoms with van der Waals surface area (Å²) in [5, 5.41) is 11.3. The number of benzene rings is 2. The zero-order chi connectivity index (χ0) is 34.5. The average molecular weight is 683 g/mol. The van der Waals surface area contributed by atoms with Crippen LogP contribution in [0, 0.1) is 24.0 Å². The molecule has 1 N–H and O–H groups in total. The summed E-state index contributed by atoms with van der Waals surface area (Å²) in [6.07, 6.45) is 8.31. The van der Waals surface area contributed by atoms with Crippen LogP contribution in [0.4, 0.5) is 23.8 Å². The van der Waals surface area contributed by atoms with Crippen molar-refractivity contribution in [1.29, 1.82) is 0 Å². The maximum Gasteiger partial charge on any atom is 0.407 e. The number of nitrogens with zero attached hydrogens (tertiary/aromatic N) is 6. The zero-order valence-electron chi connectivity index (χ0n) is 27.2. The van der Waals surface area contributed by atoms with Crippen LogP contribution in [0.1, 0.15) is 44.6 Å². The second-order valence-corrected chi connectivity index (χ2v) is 13.9. The number of carbonyl (C=O) groups is 1. The summed E-state index contributed by atoms with van der Waals surface area (Å²) >= 11 is 0. The van der Waals surface area contributed by atoms with E-state index >= 15 is 8.78 Å². The molecule has 5 atom stereocenters. The molecule has 0 aliphatic carbocycles. The van der Waals surface area contributed by atoms with Gasteiger partial charge in [-0.05, 0) is 62.6 Å². The number of hydrogen-bond donors (Lipinski definition) is 1. The van der Waals surface area contributed by atoms with E-state index in [4.69, 9.17) is 25.9 Å². The van der Waals surface area contributed by atoms with Gasteiger partial charge in [-0.25, -0.2) is 22.9 Å². The molecule has 2 bridgehead atoms. The molecule has 4 aromatic rings. The van der Waals surface area contributed by atoms with Crippen molar-refractivity contribution < 1.29 is 32.5 Å². The van der Waals surface area contributed by atoms with Gasteiger partial charge in [0, 0.05) is 24.0 Å². The van der Waals surface area contributed by atoms with Gasteiger partial charge in [0.25, 0.3) is 0 Å². The lowest BCUT2D eigenvalue weighted by Crippen LogP contribution is -2.64. The lowest BCUT2D eigenvalue weighted by atomic mass is 9.90. The minimum Gasteiger partial charge on any atom is -0.472 e. The first-order chi connectivity index (χ1) is 24.2. The van der Waals surface area contributed by atoms with E-state index in [-0.39, 0.29) is 52.3 Å². The van der Waals surface area contributed by atoms with Gasteiger partial charge in [0.2, 0.25) is 5.88 Å². The number of aromatic nitrogens is 3. The molecular weight excluding hydrogens is 649 g/mol. The van der Waals surface area contributed by atoms with Crippen molar-refractivity contribution in [3.63, 3.8) is 0 Å². The number of anilines is 1. The van der Waals surface area contributed by atoms with Crippen molar-refractivity contribution >= 4 is 33.6 Å². The number of fused-ring (bicyclic) bond motifs is 7. The SMILES string of the molecule is C#Cc1c(F)ccc2cccc(-c3nc4c5c(nc(OCC67CCCN6CCC7=CF)nc5c3F)N3CC5CCC(C3C(C)O4)N5C(=O)O)c12. The molecule has 9 rings (SSSR count). The number of hydrogen-bond acceptors (Lipinski definition) is 8. The van der Waals surface area contributed by atoms with Crippen molar-refractivity contribution in [3.05, 3.63) is 59.4 Å². The van der Waals surface area contributed by atoms with Gasteiger partial charge in [-0.15, -0.1) is 6.42 Å². The maximum atomic E-state index is 17.2. The number of terminal acetylenes is 1. The van der Waals surface area contributed by atoms with Crippen LogP contribution in [-0.4, -0.2) is 92.0 Å². The number of rotatable bonds is 4. The Bertz CT molecular complexity index is 2190. The molecular formula is C37H33F3N6O4. The summed E-state index contributed by atoms with van der Waals surface area (Å²) < 4.78 is 59.2. The molecule has 13 heteroatoms. The molecule has 0 saturated carbocycles. The number of carboxylic acid groups (broad SMARTS) is 1. The Hall–Kier alpha value is -5.09. The summed E-state index contributed by atoms with van der Waals surface area (Å²) in [5.41, 5.74) is -0.0101. The van der Waals surface area contributed by atoms with Gasteiger partial charge in [-0.1, -0.05) is 30.2 Å². The van der Waals surface area contributed by atoms with Gasteiger partial charge in [-0.3, -0.25) is 9.80 Å². The topological polar surface area (TPSA) is 104 Å². The lowest BCUT2D eigenvalue weighted by molar-refractivity contribution is 0.0706. The Balaban J connectivity index is 1.26. The summed E-state index contributed by atoms with van der Waals surface area (Å²) in [6.45, 7) is 3.75. The highest BCUT2D eigenvalue weighted by atomic mass is 19.1. The maximum absolute atomic E-state index is 17.2. The van der Waals surface area contributed by atoms with Gasteiger partial charge >= 0.3 is 12.1 Å². The molecule has 5 aliphatic heterocycles. The van der Waals surface area contributed by atoms with Gasteiger partial charge in [0.05, 0.1) is 35.6 Å². The summed E-state index contributed by atoms with van der Waals surface area (Å²) in [4.78, 5) is 32.3. The minimum atomic E-state index is -1.00. The van der Waals surface area contributed by atoms with Crippen LogP contribution < -0.4 is 14.4 Å². The number of pyridine rings is 1. The van der Waals surface area contributed by atoms with Crippen molar-refractivity contribution in [2.45, 2.75) is 68.8 Å². The van der Waals surface area contributed by atoms with E-state index in [0.717, 1.165) is 19.5 Å². The fraction of sp³-hybridized carbons (Fsp3) is 0.405. The Kier molecular flexibility index (Phi) is 6.94. The Morgan fingerprint density at radius 1 is 1.18 bits per heavy atom. The standard InChI is InChI=1S/C37H33F3N6O4/c1-3-23-25(39)10-8-20-6-4-7-24(27(20)23)30-29(40)31-28-33(43-35(42-31)49-18-37-13-5-14-44(37)15-12-21(37)16-38)45-17-22-9-11-26(46(22)36(47)48)32(45)19(2)50-34(28)41-30/h1,4,6-8,10,16,19,22,26,32H,5,9,11-15,17-18H2,2H3,(H,47,48). The highest BCUT2D eigenvalue weighted by Crippen LogP contribution is 2.48. The van der Waals surface area contributed by atoms with E-state index in [9.17, 15) is 14.3 Å². The normalized spacial score (nSPS) is 27.7. The number of piperazine rings is 1. The fourth-order valence-electron chi connectivity index (χ4n) is 9.36. The molecule has 7 heterocycles. The number of amides is 1. The summed E-state index contributed by atoms with van der Waals surface area (Å²) in [7, 11) is 0. The van der Waals surface area contributed by atoms with Crippen LogP contribution in [0.15, 0.2) is 42.2 Å². The van der Waals surface area contributed by atoms with Crippen LogP contribution in [-0.2, 0) is 0 Å². The van der Waals surface area contributed by atoms with Crippen LogP contribution >= 0.6 is 0 Å². The van der Waals surface area contributed by atoms with Crippen LogP contribution in [0.25, 0.3) is 32.9 Å². The molecule has 256 valence electrons. The van der Waals surface area contributed by atoms with E-state index in [2.05, 4.69) is 15.8 Å². The van der Waals surface area contributed by atoms with Crippen molar-refractivity contribution in [2.24, 2.45) is 0 Å². The van der Waals surface area contributed by atoms with Crippen LogP contribution in [0.5, 0.6) is 11.9 Å². The first-order valence-electron chi connectivity index (χ1n) is 17.0. The minimum absolute atomic E-state index is 0.0254. The molecule has 0 radical (unpaired) electrons. The fourth-order valence-corrected chi connectivity index (χ4v) is 9.36. The van der Waals surface area contributed by atoms with Crippen LogP contribution in [0.2, 0.25) is 0 Å². The van der Waals surface area contributed by atoms with Crippen LogP contribution in [0.3, 0.4) is 0 Å². The number of ether oxygens (including phenoxy) is 2. The van der Waals surface area contributed by atoms with E-state index in [1.807, 2.05) is 11.8 Å². The summed E-state index contributed by atoms with van der Waals surface area (Å²) in [5.74, 6) is 1.38. The van der Waals surface area contributed by atoms with E-state index < -0.39 is 41.5 Å². The van der Waals surface area contributed by atoms with E-state index in [1.165, 1.54) is 11.0 Å². The molecule has 5 unspecified atom stereocenters. The van der Waals surface area contributed by atoms with Gasteiger partial charge in [0.15, 0.2) is 5.82 Å². The third-order valence-corrected chi connectivity index (χ3v) is 11.5. The average Bonchev–Trinajstić information content (AvgIpc) is 3.75. The molecule has 2 aromatic heterocycles. The smallest absolute Gasteiger partial charge is 0.407 e. The highest BCUT2D eigenvalue weighted by Gasteiger charge is 2.53. The third-order valence-electron chi connectivity index (χ3n) is 11.5. The number of halogens is 3. The predicted octanol–water partition coefficient (Wildman–Crippen LogP) is 6.06. The largest absolute Gasteiger partial charge is 0.472 e. The first kappa shape index (κ1) is 30.9. The second kappa shape index (κ2) is 11.2. The van der Waals surface area contributed by atoms with Gasteiger partial charge in [0.1, 0.15) is 40.9 Å². The Labute approximate surface area is 285 Å². The molecule has 4 fully saturated rings. The van der Waals surface area contributed by atoms with Crippen molar-refractivity contribution in [3.8, 4) is 35.5 Å². The highest BCUT2D eigenvalue weighted by molar-refractivity contribution is 6.03. The first-order valence-corrected chi connectivity index (χ1v) is 17.0. The van der Waals surface area contributed by atoms with E-state index in [0.29, 0.717) is 60.7 Å². The zero-order valence-corrected chi connectivity index (χ0v) is 27.2. The second-order valence-electron chi connectivity index (χ2n) is 13.9. The molecule has 0 spiro atoms. The Morgan fingerprint density at radius 2 is 2.04 bits per heavy atom. The molecule has 5 aliphatic rings. The van der Waals surface area contributed by atoms with Crippen molar-refractivity contribution in [2.75, 3.05) is 31.1 Å². The predicted molar refractivity (Wildman–Crippen MR) is 179 cm³/mol. The Morgan fingerprint density at radius 3 is 2.84 bits per heavy atom. The lowest BCUT2D eigenvalue weighted by Gasteiger charge is -2.47. The quantitative estimate of drug-likeness (QED) is 0.258. The summed E-state index contributed by atoms with van der Waals surface area (Å²) in [6, 6.07) is 6.65. The van der Waals surface area contributed by atoms with E-state index in [1.54, 1.807) is 24.3 Å². The van der Waals surface area contributed by atoms with Gasteiger partial charge < -0.3 is 19.5 Å². The monoisotopic (exact) mass is 682 g/mol. The molecule has 10 nitrogen and oxygen atoms in total. The molecule has 4 saturated heterocycles. The van der Waals surface area contributed by atoms with Gasteiger partial charge in [-0.2, -0.15) is 9.97 Å². The molecule has 50 heavy (non-hydrogen) atoms. The molecule has 1 amide bonds. The third kappa shape index (κ3) is 4.27.